The highest BCUT2D eigenvalue weighted by Gasteiger charge is 2.42. The summed E-state index contributed by atoms with van der Waals surface area (Å²) < 4.78 is 19.6. The van der Waals surface area contributed by atoms with Gasteiger partial charge in [-0.1, -0.05) is 232 Å². The Labute approximate surface area is 343 Å². The zero-order valence-electron chi connectivity index (χ0n) is 36.8. The average molecular weight is 798 g/mol. The highest BCUT2D eigenvalue weighted by Crippen LogP contribution is 2.25. The van der Waals surface area contributed by atoms with Crippen LogP contribution in [0.3, 0.4) is 0 Å². The van der Waals surface area contributed by atoms with Crippen molar-refractivity contribution in [3.63, 3.8) is 0 Å². The molecule has 1 rings (SSSR count). The molecule has 1 N–H and O–H groups in total. The van der Waals surface area contributed by atoms with E-state index < -0.39 is 8.80 Å². The molecule has 1 fully saturated rings. The first-order chi connectivity index (χ1) is 26.7. The average Bonchev–Trinajstić information content (AvgIpc) is 3.16. The molecule has 322 valence electrons. The van der Waals surface area contributed by atoms with Crippen molar-refractivity contribution in [2.75, 3.05) is 25.5 Å². The van der Waals surface area contributed by atoms with Crippen LogP contribution in [0, 0.1) is 5.92 Å². The van der Waals surface area contributed by atoms with E-state index in [1.54, 1.807) is 0 Å². The van der Waals surface area contributed by atoms with Gasteiger partial charge in [0, 0.05) is 38.0 Å². The van der Waals surface area contributed by atoms with E-state index in [0.717, 1.165) is 63.7 Å². The molecule has 0 saturated carbocycles. The zero-order valence-corrected chi connectivity index (χ0v) is 38.6. The summed E-state index contributed by atoms with van der Waals surface area (Å²) in [6, 6.07) is 0.792. The van der Waals surface area contributed by atoms with Crippen molar-refractivity contribution < 1.29 is 18.2 Å². The lowest BCUT2D eigenvalue weighted by atomic mass is 9.97. The van der Waals surface area contributed by atoms with E-state index in [2.05, 4.69) is 26.3 Å². The summed E-state index contributed by atoms with van der Waals surface area (Å²) in [5, 5.41) is 0.354. The maximum Gasteiger partial charge on any atom is 0.517 e. The van der Waals surface area contributed by atoms with Crippen molar-refractivity contribution in [3.8, 4) is 0 Å². The van der Waals surface area contributed by atoms with Crippen molar-refractivity contribution in [1.82, 2.24) is 5.48 Å². The van der Waals surface area contributed by atoms with Crippen molar-refractivity contribution in [1.29, 1.82) is 0 Å². The first kappa shape index (κ1) is 52.1. The third-order valence-corrected chi connectivity index (χ3v) is 15.3. The minimum Gasteiger partial charge on any atom is -0.373 e. The minimum absolute atomic E-state index is 0.354. The fraction of sp³-hybridized carbons (Fsp3) is 0.979. The van der Waals surface area contributed by atoms with E-state index in [1.807, 2.05) is 0 Å². The van der Waals surface area contributed by atoms with Crippen LogP contribution in [-0.2, 0) is 18.2 Å². The van der Waals surface area contributed by atoms with E-state index in [4.69, 9.17) is 13.4 Å². The van der Waals surface area contributed by atoms with Crippen LogP contribution in [0.25, 0.3) is 0 Å². The fourth-order valence-electron chi connectivity index (χ4n) is 7.87. The lowest BCUT2D eigenvalue weighted by Gasteiger charge is -2.33. The van der Waals surface area contributed by atoms with Gasteiger partial charge in [0.05, 0.1) is 0 Å². The van der Waals surface area contributed by atoms with Gasteiger partial charge >= 0.3 is 8.80 Å². The third kappa shape index (κ3) is 34.1. The lowest BCUT2D eigenvalue weighted by Crippen LogP contribution is -2.52. The molecule has 0 spiro atoms. The van der Waals surface area contributed by atoms with Crippen LogP contribution in [0.4, 0.5) is 0 Å². The maximum atomic E-state index is 12.7. The van der Waals surface area contributed by atoms with Gasteiger partial charge in [0.25, 0.3) is 0 Å². The van der Waals surface area contributed by atoms with Gasteiger partial charge in [-0.25, -0.2) is 5.48 Å². The Kier molecular flexibility index (Phi) is 39.8. The lowest BCUT2D eigenvalue weighted by molar-refractivity contribution is -0.111. The van der Waals surface area contributed by atoms with Crippen LogP contribution in [-0.4, -0.2) is 39.4 Å². The zero-order chi connectivity index (χ0) is 38.9. The Morgan fingerprint density at radius 2 is 1.00 bits per heavy atom. The van der Waals surface area contributed by atoms with Gasteiger partial charge in [0.15, 0.2) is 5.12 Å². The normalized spacial score (nSPS) is 17.9. The number of hydroxylamine groups is 1. The first-order valence-corrected chi connectivity index (χ1v) is 27.4. The van der Waals surface area contributed by atoms with Gasteiger partial charge in [-0.15, -0.1) is 0 Å². The smallest absolute Gasteiger partial charge is 0.373 e. The van der Waals surface area contributed by atoms with E-state index in [0.29, 0.717) is 11.0 Å². The molecule has 1 aliphatic rings. The van der Waals surface area contributed by atoms with Gasteiger partial charge in [0.2, 0.25) is 0 Å². The topological polar surface area (TPSA) is 56.8 Å². The van der Waals surface area contributed by atoms with Crippen LogP contribution >= 0.6 is 11.8 Å². The molecule has 5 nitrogen and oxygen atoms in total. The Bertz CT molecular complexity index is 764. The van der Waals surface area contributed by atoms with Crippen LogP contribution < -0.4 is 5.48 Å². The second-order valence-corrected chi connectivity index (χ2v) is 20.8. The van der Waals surface area contributed by atoms with Crippen LogP contribution in [0.5, 0.6) is 0 Å². The van der Waals surface area contributed by atoms with Gasteiger partial charge < -0.3 is 8.85 Å². The number of thioether (sulfide) groups is 1. The molecule has 0 aromatic rings. The number of unbranched alkanes of at least 4 members (excludes halogenated alkanes) is 30. The molecule has 1 heterocycles. The number of carbonyl (C=O) groups excluding carboxylic acids is 1. The number of nitrogens with one attached hydrogen (secondary N) is 1. The Morgan fingerprint density at radius 1 is 0.574 bits per heavy atom. The largest absolute Gasteiger partial charge is 0.517 e. The number of hydrogen-bond donors (Lipinski definition) is 1. The van der Waals surface area contributed by atoms with Gasteiger partial charge in [-0.3, -0.25) is 9.32 Å². The van der Waals surface area contributed by atoms with Gasteiger partial charge in [-0.2, -0.15) is 0 Å². The Hall–Kier alpha value is 0.0769. The van der Waals surface area contributed by atoms with Crippen molar-refractivity contribution in [3.05, 3.63) is 0 Å². The number of hydrogen-bond acceptors (Lipinski definition) is 6. The molecule has 54 heavy (non-hydrogen) atoms. The monoisotopic (exact) mass is 798 g/mol. The Balaban J connectivity index is 2.30. The quantitative estimate of drug-likeness (QED) is 0.0491. The van der Waals surface area contributed by atoms with Gasteiger partial charge in [0.1, 0.15) is 0 Å². The molecular weight excluding hydrogens is 703 g/mol. The summed E-state index contributed by atoms with van der Waals surface area (Å²) >= 11 is 1.52. The summed E-state index contributed by atoms with van der Waals surface area (Å²) in [7, 11) is -2.82. The van der Waals surface area contributed by atoms with E-state index in [-0.39, 0.29) is 0 Å². The van der Waals surface area contributed by atoms with Crippen LogP contribution in [0.1, 0.15) is 258 Å². The van der Waals surface area contributed by atoms with Crippen LogP contribution in [0.15, 0.2) is 0 Å². The molecule has 7 heteroatoms. The van der Waals surface area contributed by atoms with E-state index in [9.17, 15) is 4.79 Å². The molecule has 2 unspecified atom stereocenters. The molecule has 0 aromatic heterocycles. The Morgan fingerprint density at radius 3 is 1.48 bits per heavy atom. The van der Waals surface area contributed by atoms with Crippen molar-refractivity contribution >= 4 is 25.7 Å². The van der Waals surface area contributed by atoms with E-state index >= 15 is 0 Å². The molecule has 0 aromatic carbocycles. The summed E-state index contributed by atoms with van der Waals surface area (Å²) in [6.07, 6.45) is 48.4. The molecule has 1 aliphatic heterocycles. The molecule has 0 amide bonds. The number of carbonyl (C=O) groups is 1. The molecule has 2 atom stereocenters. The first-order valence-electron chi connectivity index (χ1n) is 24.5. The predicted octanol–water partition coefficient (Wildman–Crippen LogP) is 15.9. The van der Waals surface area contributed by atoms with E-state index in [1.165, 1.54) is 217 Å². The molecule has 0 radical (unpaired) electrons. The van der Waals surface area contributed by atoms with Crippen molar-refractivity contribution in [2.45, 2.75) is 264 Å². The second-order valence-electron chi connectivity index (χ2n) is 17.0. The minimum atomic E-state index is -2.82. The highest BCUT2D eigenvalue weighted by molar-refractivity contribution is 8.13. The maximum absolute atomic E-state index is 12.7. The molecule has 0 bridgehead atoms. The summed E-state index contributed by atoms with van der Waals surface area (Å²) in [5.74, 6) is 1.44. The fourth-order valence-corrected chi connectivity index (χ4v) is 11.3. The van der Waals surface area contributed by atoms with Gasteiger partial charge in [-0.05, 0) is 38.0 Å². The summed E-state index contributed by atoms with van der Waals surface area (Å²) in [6.45, 7) is 9.22. The molecule has 0 aliphatic carbocycles. The SMILES string of the molecule is CCCCCCCCCCCCCCCC(=O)SCCC[Si]1(OCCCCCCCCCCCC)OCCC(CCCCCCCCCCCC)CNO1. The third-order valence-electron chi connectivity index (χ3n) is 11.6. The van der Waals surface area contributed by atoms with Crippen LogP contribution in [0.2, 0.25) is 6.04 Å². The summed E-state index contributed by atoms with van der Waals surface area (Å²) in [4.78, 5) is 12.7. The highest BCUT2D eigenvalue weighted by atomic mass is 32.2. The number of rotatable bonds is 41. The predicted molar refractivity (Wildman–Crippen MR) is 240 cm³/mol. The molecule has 1 saturated heterocycles. The molecular formula is C47H95NO4SSi. The summed E-state index contributed by atoms with van der Waals surface area (Å²) in [5.41, 5.74) is 3.36. The van der Waals surface area contributed by atoms with Crippen molar-refractivity contribution in [2.24, 2.45) is 5.92 Å². The standard InChI is InChI=1S/C47H95NO4SSi/c1-4-7-10-13-16-19-22-23-24-26-29-32-35-39-47(49)53-43-37-44-54(50-41-36-33-30-27-21-18-15-12-9-6-3)51-42-40-46(45-48-52-54)38-34-31-28-25-20-17-14-11-8-5-2/h46,48H,4-45H2,1-3H3. The second kappa shape index (κ2) is 41.2.